The van der Waals surface area contributed by atoms with Crippen LogP contribution in [-0.4, -0.2) is 55.7 Å². The molecule has 0 radical (unpaired) electrons. The Labute approximate surface area is 165 Å². The van der Waals surface area contributed by atoms with Crippen molar-refractivity contribution < 1.29 is 19.1 Å². The van der Waals surface area contributed by atoms with Gasteiger partial charge in [-0.3, -0.25) is 14.6 Å². The van der Waals surface area contributed by atoms with Crippen LogP contribution in [0, 0.1) is 0 Å². The van der Waals surface area contributed by atoms with Gasteiger partial charge in [-0.25, -0.2) is 5.43 Å². The number of nitrogens with zero attached hydrogens (tertiary/aromatic N) is 3. The Hall–Kier alpha value is -2.94. The van der Waals surface area contributed by atoms with Gasteiger partial charge in [-0.2, -0.15) is 5.10 Å². The molecular formula is C18H19BrN4O4. The summed E-state index contributed by atoms with van der Waals surface area (Å²) in [6, 6.07) is 6.72. The third kappa shape index (κ3) is 5.78. The van der Waals surface area contributed by atoms with Gasteiger partial charge >= 0.3 is 0 Å². The summed E-state index contributed by atoms with van der Waals surface area (Å²) in [5, 5.41) is 3.93. The van der Waals surface area contributed by atoms with Crippen LogP contribution < -0.4 is 14.9 Å². The Morgan fingerprint density at radius 2 is 2.15 bits per heavy atom. The van der Waals surface area contributed by atoms with E-state index in [1.54, 1.807) is 44.6 Å². The zero-order valence-corrected chi connectivity index (χ0v) is 16.7. The number of aromatic nitrogens is 1. The zero-order chi connectivity index (χ0) is 19.8. The number of pyridine rings is 1. The maximum atomic E-state index is 11.9. The molecule has 2 aromatic rings. The van der Waals surface area contributed by atoms with Crippen molar-refractivity contribution in [2.75, 3.05) is 27.8 Å². The van der Waals surface area contributed by atoms with Crippen LogP contribution in [0.2, 0.25) is 0 Å². The monoisotopic (exact) mass is 434 g/mol. The molecule has 1 heterocycles. The van der Waals surface area contributed by atoms with Gasteiger partial charge < -0.3 is 14.4 Å². The summed E-state index contributed by atoms with van der Waals surface area (Å²) in [4.78, 5) is 28.9. The minimum Gasteiger partial charge on any atom is -0.493 e. The molecule has 9 heteroatoms. The highest BCUT2D eigenvalue weighted by Crippen LogP contribution is 2.36. The average Bonchev–Trinajstić information content (AvgIpc) is 2.66. The Kier molecular flexibility index (Phi) is 7.30. The van der Waals surface area contributed by atoms with Crippen molar-refractivity contribution in [2.24, 2.45) is 5.10 Å². The summed E-state index contributed by atoms with van der Waals surface area (Å²) >= 11 is 3.40. The third-order valence-corrected chi connectivity index (χ3v) is 3.98. The van der Waals surface area contributed by atoms with Gasteiger partial charge in [-0.1, -0.05) is 0 Å². The number of hydrazone groups is 1. The van der Waals surface area contributed by atoms with E-state index in [1.165, 1.54) is 24.4 Å². The fourth-order valence-corrected chi connectivity index (χ4v) is 2.52. The molecule has 0 aliphatic heterocycles. The van der Waals surface area contributed by atoms with E-state index >= 15 is 0 Å². The molecule has 27 heavy (non-hydrogen) atoms. The SMILES string of the molecule is COc1cc(/C=N/NC(=O)c2cccnc2)cc(Br)c1OCC(=O)N(C)C. The van der Waals surface area contributed by atoms with E-state index in [0.29, 0.717) is 27.1 Å². The van der Waals surface area contributed by atoms with Crippen LogP contribution in [0.1, 0.15) is 15.9 Å². The molecule has 1 aromatic heterocycles. The van der Waals surface area contributed by atoms with Gasteiger partial charge in [0.1, 0.15) is 0 Å². The summed E-state index contributed by atoms with van der Waals surface area (Å²) in [5.74, 6) is 0.292. The van der Waals surface area contributed by atoms with E-state index in [4.69, 9.17) is 9.47 Å². The van der Waals surface area contributed by atoms with E-state index in [0.717, 1.165) is 0 Å². The number of carbonyl (C=O) groups excluding carboxylic acids is 2. The molecule has 0 bridgehead atoms. The van der Waals surface area contributed by atoms with Crippen LogP contribution in [0.4, 0.5) is 0 Å². The molecule has 1 aromatic carbocycles. The normalized spacial score (nSPS) is 10.5. The molecule has 0 fully saturated rings. The van der Waals surface area contributed by atoms with Crippen LogP contribution in [0.3, 0.4) is 0 Å². The van der Waals surface area contributed by atoms with E-state index in [1.807, 2.05) is 0 Å². The van der Waals surface area contributed by atoms with Crippen molar-refractivity contribution in [3.63, 3.8) is 0 Å². The molecule has 0 saturated heterocycles. The topological polar surface area (TPSA) is 93.1 Å². The number of likely N-dealkylation sites (N-methyl/N-ethyl adjacent to an activating group) is 1. The van der Waals surface area contributed by atoms with Crippen LogP contribution >= 0.6 is 15.9 Å². The number of benzene rings is 1. The summed E-state index contributed by atoms with van der Waals surface area (Å²) < 4.78 is 11.5. The molecule has 0 aliphatic rings. The fourth-order valence-electron chi connectivity index (χ4n) is 1.94. The van der Waals surface area contributed by atoms with Crippen molar-refractivity contribution in [1.82, 2.24) is 15.3 Å². The number of hydrogen-bond donors (Lipinski definition) is 1. The number of rotatable bonds is 7. The van der Waals surface area contributed by atoms with Gasteiger partial charge in [-0.15, -0.1) is 0 Å². The first-order valence-corrected chi connectivity index (χ1v) is 8.65. The minimum absolute atomic E-state index is 0.115. The van der Waals surface area contributed by atoms with Gasteiger partial charge in [0.15, 0.2) is 18.1 Å². The quantitative estimate of drug-likeness (QED) is 0.531. The van der Waals surface area contributed by atoms with Crippen LogP contribution in [0.15, 0.2) is 46.2 Å². The second kappa shape index (κ2) is 9.67. The van der Waals surface area contributed by atoms with E-state index in [2.05, 4.69) is 31.4 Å². The Balaban J connectivity index is 2.08. The Bertz CT molecular complexity index is 841. The molecule has 1 N–H and O–H groups in total. The van der Waals surface area contributed by atoms with E-state index < -0.39 is 0 Å². The van der Waals surface area contributed by atoms with Gasteiger partial charge in [0.05, 0.1) is 23.4 Å². The molecule has 2 amide bonds. The van der Waals surface area contributed by atoms with Crippen molar-refractivity contribution in [3.05, 3.63) is 52.3 Å². The molecule has 0 spiro atoms. The molecule has 0 aliphatic carbocycles. The second-order valence-electron chi connectivity index (χ2n) is 5.55. The Morgan fingerprint density at radius 1 is 1.37 bits per heavy atom. The zero-order valence-electron chi connectivity index (χ0n) is 15.1. The number of hydrogen-bond acceptors (Lipinski definition) is 6. The summed E-state index contributed by atoms with van der Waals surface area (Å²) in [7, 11) is 4.79. The maximum absolute atomic E-state index is 11.9. The number of carbonyl (C=O) groups is 2. The molecule has 0 saturated carbocycles. The molecule has 0 atom stereocenters. The van der Waals surface area contributed by atoms with E-state index in [9.17, 15) is 9.59 Å². The maximum Gasteiger partial charge on any atom is 0.272 e. The van der Waals surface area contributed by atoms with E-state index in [-0.39, 0.29) is 18.4 Å². The second-order valence-corrected chi connectivity index (χ2v) is 6.41. The Morgan fingerprint density at radius 3 is 2.78 bits per heavy atom. The lowest BCUT2D eigenvalue weighted by molar-refractivity contribution is -0.130. The minimum atomic E-state index is -0.368. The standard InChI is InChI=1S/C18H19BrN4O4/c1-23(2)16(24)11-27-17-14(19)7-12(8-15(17)26-3)9-21-22-18(25)13-5-4-6-20-10-13/h4-10H,11H2,1-3H3,(H,22,25)/b21-9+. The summed E-state index contributed by atoms with van der Waals surface area (Å²) in [5.41, 5.74) is 3.49. The first kappa shape index (κ1) is 20.4. The average molecular weight is 435 g/mol. The predicted octanol–water partition coefficient (Wildman–Crippen LogP) is 2.08. The van der Waals surface area contributed by atoms with Crippen LogP contribution in [-0.2, 0) is 4.79 Å². The molecule has 8 nitrogen and oxygen atoms in total. The highest BCUT2D eigenvalue weighted by atomic mass is 79.9. The van der Waals surface area contributed by atoms with Crippen molar-refractivity contribution in [1.29, 1.82) is 0 Å². The van der Waals surface area contributed by atoms with Crippen molar-refractivity contribution in [2.45, 2.75) is 0 Å². The third-order valence-electron chi connectivity index (χ3n) is 3.39. The summed E-state index contributed by atoms with van der Waals surface area (Å²) in [6.07, 6.45) is 4.50. The fraction of sp³-hybridized carbons (Fsp3) is 0.222. The predicted molar refractivity (Wildman–Crippen MR) is 104 cm³/mol. The lowest BCUT2D eigenvalue weighted by Crippen LogP contribution is -2.27. The first-order chi connectivity index (χ1) is 12.9. The molecular weight excluding hydrogens is 416 g/mol. The van der Waals surface area contributed by atoms with Gasteiger partial charge in [0.2, 0.25) is 0 Å². The van der Waals surface area contributed by atoms with Crippen molar-refractivity contribution >= 4 is 34.0 Å². The lowest BCUT2D eigenvalue weighted by Gasteiger charge is -2.15. The lowest BCUT2D eigenvalue weighted by atomic mass is 10.2. The van der Waals surface area contributed by atoms with Gasteiger partial charge in [0.25, 0.3) is 11.8 Å². The number of ether oxygens (including phenoxy) is 2. The first-order valence-electron chi connectivity index (χ1n) is 7.86. The number of amides is 2. The molecule has 0 unspecified atom stereocenters. The number of methoxy groups -OCH3 is 1. The highest BCUT2D eigenvalue weighted by molar-refractivity contribution is 9.10. The van der Waals surface area contributed by atoms with Crippen LogP contribution in [0.25, 0.3) is 0 Å². The smallest absolute Gasteiger partial charge is 0.272 e. The molecule has 142 valence electrons. The molecule has 2 rings (SSSR count). The van der Waals surface area contributed by atoms with Gasteiger partial charge in [0, 0.05) is 26.5 Å². The summed E-state index contributed by atoms with van der Waals surface area (Å²) in [6.45, 7) is -0.115. The van der Waals surface area contributed by atoms with Gasteiger partial charge in [-0.05, 0) is 45.8 Å². The number of halogens is 1. The highest BCUT2D eigenvalue weighted by Gasteiger charge is 2.14. The largest absolute Gasteiger partial charge is 0.493 e. The van der Waals surface area contributed by atoms with Crippen LogP contribution in [0.5, 0.6) is 11.5 Å². The number of nitrogens with one attached hydrogen (secondary N) is 1. The van der Waals surface area contributed by atoms with Crippen molar-refractivity contribution in [3.8, 4) is 11.5 Å².